The van der Waals surface area contributed by atoms with E-state index in [2.05, 4.69) is 20.5 Å². The van der Waals surface area contributed by atoms with Gasteiger partial charge in [0, 0.05) is 31.3 Å². The van der Waals surface area contributed by atoms with Crippen molar-refractivity contribution in [2.45, 2.75) is 45.2 Å². The van der Waals surface area contributed by atoms with Gasteiger partial charge in [0.25, 0.3) is 0 Å². The van der Waals surface area contributed by atoms with Crippen LogP contribution in [0.25, 0.3) is 11.4 Å². The lowest BCUT2D eigenvalue weighted by Crippen LogP contribution is -2.48. The second-order valence-electron chi connectivity index (χ2n) is 6.46. The number of hydrogen-bond acceptors (Lipinski definition) is 4. The number of piperidine rings is 1. The monoisotopic (exact) mass is 343 g/mol. The molecule has 1 aromatic heterocycles. The summed E-state index contributed by atoms with van der Waals surface area (Å²) >= 11 is 0. The van der Waals surface area contributed by atoms with Crippen LogP contribution in [-0.2, 0) is 6.54 Å². The molecule has 1 aliphatic rings. The highest BCUT2D eigenvalue weighted by molar-refractivity contribution is 5.74. The molecule has 1 aromatic carbocycles. The number of aromatic amines is 1. The Labute approximate surface area is 147 Å². The van der Waals surface area contributed by atoms with Gasteiger partial charge in [-0.3, -0.25) is 5.10 Å². The largest absolute Gasteiger partial charge is 0.396 e. The van der Waals surface area contributed by atoms with Crippen LogP contribution >= 0.6 is 0 Å². The lowest BCUT2D eigenvalue weighted by atomic mass is 10.0. The van der Waals surface area contributed by atoms with Gasteiger partial charge in [-0.2, -0.15) is 5.10 Å². The molecule has 1 atom stereocenters. The molecule has 0 aliphatic carbocycles. The Bertz CT molecular complexity index is 713. The van der Waals surface area contributed by atoms with Crippen LogP contribution in [0.5, 0.6) is 0 Å². The average molecular weight is 343 g/mol. The molecule has 134 valence electrons. The molecule has 7 nitrogen and oxygen atoms in total. The number of carbonyl (C=O) groups is 1. The number of carbonyl (C=O) groups excluding carboxylic acids is 1. The SMILES string of the molecule is Cc1nc(-c2cccc(CNC(=O)N3CCCCC3CCO)c2)n[nH]1. The Morgan fingerprint density at radius 1 is 1.44 bits per heavy atom. The van der Waals surface area contributed by atoms with Crippen molar-refractivity contribution in [2.75, 3.05) is 13.2 Å². The Morgan fingerprint density at radius 3 is 3.08 bits per heavy atom. The Balaban J connectivity index is 1.62. The van der Waals surface area contributed by atoms with Crippen LogP contribution < -0.4 is 5.32 Å². The van der Waals surface area contributed by atoms with E-state index in [4.69, 9.17) is 0 Å². The van der Waals surface area contributed by atoms with Crippen molar-refractivity contribution in [1.29, 1.82) is 0 Å². The standard InChI is InChI=1S/C18H25N5O2/c1-13-20-17(22-21-13)15-6-4-5-14(11-15)12-19-18(25)23-9-3-2-7-16(23)8-10-24/h4-6,11,16,24H,2-3,7-10,12H2,1H3,(H,19,25)(H,20,21,22). The van der Waals surface area contributed by atoms with Gasteiger partial charge in [0.2, 0.25) is 0 Å². The maximum atomic E-state index is 12.5. The maximum absolute atomic E-state index is 12.5. The van der Waals surface area contributed by atoms with Crippen LogP contribution in [0.2, 0.25) is 0 Å². The molecule has 0 spiro atoms. The molecule has 3 rings (SSSR count). The molecule has 1 aliphatic heterocycles. The van der Waals surface area contributed by atoms with Crippen molar-refractivity contribution in [2.24, 2.45) is 0 Å². The molecular weight excluding hydrogens is 318 g/mol. The predicted molar refractivity (Wildman–Crippen MR) is 94.8 cm³/mol. The maximum Gasteiger partial charge on any atom is 0.317 e. The Hall–Kier alpha value is -2.41. The number of hydrogen-bond donors (Lipinski definition) is 3. The third-order valence-electron chi connectivity index (χ3n) is 4.58. The van der Waals surface area contributed by atoms with Gasteiger partial charge < -0.3 is 15.3 Å². The van der Waals surface area contributed by atoms with Gasteiger partial charge in [-0.15, -0.1) is 0 Å². The van der Waals surface area contributed by atoms with E-state index in [0.29, 0.717) is 18.8 Å². The van der Waals surface area contributed by atoms with Crippen molar-refractivity contribution in [1.82, 2.24) is 25.4 Å². The molecular formula is C18H25N5O2. The van der Waals surface area contributed by atoms with E-state index < -0.39 is 0 Å². The van der Waals surface area contributed by atoms with E-state index >= 15 is 0 Å². The topological polar surface area (TPSA) is 94.1 Å². The molecule has 2 amide bonds. The number of nitrogens with one attached hydrogen (secondary N) is 2. The first kappa shape index (κ1) is 17.4. The van der Waals surface area contributed by atoms with Gasteiger partial charge in [-0.25, -0.2) is 9.78 Å². The van der Waals surface area contributed by atoms with E-state index in [9.17, 15) is 9.90 Å². The molecule has 0 saturated carbocycles. The number of H-pyrrole nitrogens is 1. The van der Waals surface area contributed by atoms with Crippen molar-refractivity contribution in [3.63, 3.8) is 0 Å². The van der Waals surface area contributed by atoms with Crippen molar-refractivity contribution >= 4 is 6.03 Å². The molecule has 2 aromatic rings. The van der Waals surface area contributed by atoms with Gasteiger partial charge in [0.05, 0.1) is 0 Å². The van der Waals surface area contributed by atoms with E-state index in [1.165, 1.54) is 0 Å². The first-order valence-electron chi connectivity index (χ1n) is 8.81. The third-order valence-corrected chi connectivity index (χ3v) is 4.58. The van der Waals surface area contributed by atoms with Crippen LogP contribution in [-0.4, -0.2) is 50.4 Å². The highest BCUT2D eigenvalue weighted by Crippen LogP contribution is 2.20. The van der Waals surface area contributed by atoms with Gasteiger partial charge in [0.1, 0.15) is 5.82 Å². The fourth-order valence-electron chi connectivity index (χ4n) is 3.29. The number of nitrogens with zero attached hydrogens (tertiary/aromatic N) is 3. The number of aromatic nitrogens is 3. The van der Waals surface area contributed by atoms with Crippen LogP contribution in [0.3, 0.4) is 0 Å². The van der Waals surface area contributed by atoms with Crippen LogP contribution in [0.1, 0.15) is 37.1 Å². The zero-order chi connectivity index (χ0) is 17.6. The molecule has 7 heteroatoms. The summed E-state index contributed by atoms with van der Waals surface area (Å²) in [6.45, 7) is 3.19. The normalized spacial score (nSPS) is 17.5. The molecule has 1 fully saturated rings. The lowest BCUT2D eigenvalue weighted by Gasteiger charge is -2.35. The van der Waals surface area contributed by atoms with Gasteiger partial charge in [0.15, 0.2) is 5.82 Å². The van der Waals surface area contributed by atoms with E-state index in [1.807, 2.05) is 36.1 Å². The molecule has 1 saturated heterocycles. The first-order chi connectivity index (χ1) is 12.2. The summed E-state index contributed by atoms with van der Waals surface area (Å²) in [4.78, 5) is 18.7. The molecule has 25 heavy (non-hydrogen) atoms. The minimum atomic E-state index is -0.0581. The lowest BCUT2D eigenvalue weighted by molar-refractivity contribution is 0.131. The quantitative estimate of drug-likeness (QED) is 0.776. The number of aliphatic hydroxyl groups is 1. The minimum absolute atomic E-state index is 0.0581. The van der Waals surface area contributed by atoms with Crippen molar-refractivity contribution in [3.8, 4) is 11.4 Å². The number of amides is 2. The summed E-state index contributed by atoms with van der Waals surface area (Å²) in [5.74, 6) is 1.43. The number of benzene rings is 1. The summed E-state index contributed by atoms with van der Waals surface area (Å²) in [5.41, 5.74) is 1.93. The Kier molecular flexibility index (Phi) is 5.65. The minimum Gasteiger partial charge on any atom is -0.396 e. The average Bonchev–Trinajstić information content (AvgIpc) is 3.07. The molecule has 0 bridgehead atoms. The van der Waals surface area contributed by atoms with E-state index in [1.54, 1.807) is 0 Å². The van der Waals surface area contributed by atoms with Crippen LogP contribution in [0, 0.1) is 6.92 Å². The van der Waals surface area contributed by atoms with Crippen LogP contribution in [0.4, 0.5) is 4.79 Å². The Morgan fingerprint density at radius 2 is 2.32 bits per heavy atom. The number of aryl methyl sites for hydroxylation is 1. The number of aliphatic hydroxyl groups excluding tert-OH is 1. The van der Waals surface area contributed by atoms with Gasteiger partial charge in [-0.1, -0.05) is 18.2 Å². The zero-order valence-corrected chi connectivity index (χ0v) is 14.5. The van der Waals surface area contributed by atoms with Crippen LogP contribution in [0.15, 0.2) is 24.3 Å². The number of rotatable bonds is 5. The second kappa shape index (κ2) is 8.11. The second-order valence-corrected chi connectivity index (χ2v) is 6.46. The fourth-order valence-corrected chi connectivity index (χ4v) is 3.29. The van der Waals surface area contributed by atoms with E-state index in [-0.39, 0.29) is 18.7 Å². The van der Waals surface area contributed by atoms with Crippen molar-refractivity contribution in [3.05, 3.63) is 35.7 Å². The summed E-state index contributed by atoms with van der Waals surface area (Å²) in [6, 6.07) is 7.95. The third kappa shape index (κ3) is 4.36. The molecule has 0 radical (unpaired) electrons. The summed E-state index contributed by atoms with van der Waals surface area (Å²) in [6.07, 6.45) is 3.75. The molecule has 3 N–H and O–H groups in total. The fraction of sp³-hybridized carbons (Fsp3) is 0.500. The van der Waals surface area contributed by atoms with Crippen molar-refractivity contribution < 1.29 is 9.90 Å². The van der Waals surface area contributed by atoms with Gasteiger partial charge >= 0.3 is 6.03 Å². The van der Waals surface area contributed by atoms with E-state index in [0.717, 1.165) is 42.8 Å². The highest BCUT2D eigenvalue weighted by Gasteiger charge is 2.25. The highest BCUT2D eigenvalue weighted by atomic mass is 16.3. The zero-order valence-electron chi connectivity index (χ0n) is 14.5. The first-order valence-corrected chi connectivity index (χ1v) is 8.81. The summed E-state index contributed by atoms with van der Waals surface area (Å²) in [7, 11) is 0. The molecule has 2 heterocycles. The van der Waals surface area contributed by atoms with Gasteiger partial charge in [-0.05, 0) is 44.2 Å². The number of urea groups is 1. The summed E-state index contributed by atoms with van der Waals surface area (Å²) < 4.78 is 0. The summed E-state index contributed by atoms with van der Waals surface area (Å²) in [5, 5.41) is 19.2. The smallest absolute Gasteiger partial charge is 0.317 e. The number of likely N-dealkylation sites (tertiary alicyclic amines) is 1. The predicted octanol–water partition coefficient (Wildman–Crippen LogP) is 2.23. The molecule has 1 unspecified atom stereocenters.